The lowest BCUT2D eigenvalue weighted by Gasteiger charge is -2.29. The fourth-order valence-electron chi connectivity index (χ4n) is 2.64. The minimum atomic E-state index is 0.113. The number of benzene rings is 1. The first-order valence-electron chi connectivity index (χ1n) is 6.98. The second-order valence-corrected chi connectivity index (χ2v) is 5.10. The first-order valence-corrected chi connectivity index (χ1v) is 6.98. The number of nitrogens with zero attached hydrogens (tertiary/aromatic N) is 4. The van der Waals surface area contributed by atoms with Crippen molar-refractivity contribution in [3.05, 3.63) is 30.0 Å². The molecule has 0 spiro atoms. The zero-order chi connectivity index (χ0) is 14.7. The van der Waals surface area contributed by atoms with Crippen molar-refractivity contribution in [2.24, 2.45) is 0 Å². The van der Waals surface area contributed by atoms with Crippen molar-refractivity contribution in [3.63, 3.8) is 0 Å². The summed E-state index contributed by atoms with van der Waals surface area (Å²) in [5.74, 6) is 0. The van der Waals surface area contributed by atoms with E-state index in [2.05, 4.69) is 21.6 Å². The largest absolute Gasteiger partial charge is 0.374 e. The van der Waals surface area contributed by atoms with Crippen molar-refractivity contribution >= 4 is 16.6 Å². The monoisotopic (exact) mass is 283 g/mol. The van der Waals surface area contributed by atoms with E-state index >= 15 is 0 Å². The predicted molar refractivity (Wildman–Crippen MR) is 80.1 cm³/mol. The Hall–Kier alpha value is -2.23. The van der Waals surface area contributed by atoms with E-state index in [0.29, 0.717) is 12.2 Å². The summed E-state index contributed by atoms with van der Waals surface area (Å²) in [5, 5.41) is 21.7. The molecule has 1 saturated heterocycles. The van der Waals surface area contributed by atoms with Gasteiger partial charge in [0, 0.05) is 32.1 Å². The summed E-state index contributed by atoms with van der Waals surface area (Å²) in [7, 11) is 1.96. The summed E-state index contributed by atoms with van der Waals surface area (Å²) < 4.78 is 5.73. The smallest absolute Gasteiger partial charge is 0.186 e. The third-order valence-corrected chi connectivity index (χ3v) is 3.61. The van der Waals surface area contributed by atoms with E-state index in [1.807, 2.05) is 36.2 Å². The van der Waals surface area contributed by atoms with Gasteiger partial charge >= 0.3 is 0 Å². The van der Waals surface area contributed by atoms with E-state index in [1.165, 1.54) is 0 Å². The van der Waals surface area contributed by atoms with Crippen LogP contribution in [-0.4, -0.2) is 49.6 Å². The molecule has 2 aromatic rings. The van der Waals surface area contributed by atoms with Gasteiger partial charge in [0.1, 0.15) is 6.07 Å². The number of anilines is 1. The van der Waals surface area contributed by atoms with Crippen LogP contribution >= 0.6 is 0 Å². The van der Waals surface area contributed by atoms with Crippen molar-refractivity contribution in [3.8, 4) is 6.07 Å². The summed E-state index contributed by atoms with van der Waals surface area (Å²) in [4.78, 5) is 2.03. The number of fused-ring (bicyclic) bond motifs is 1. The number of nitrogens with one attached hydrogen (secondary N) is 1. The van der Waals surface area contributed by atoms with Crippen LogP contribution in [0.15, 0.2) is 24.3 Å². The first kappa shape index (κ1) is 13.7. The normalized spacial score (nSPS) is 18.4. The Balaban J connectivity index is 1.95. The standard InChI is InChI=1S/C15H17N5O/c1-20(10-11-9-17-6-7-21-11)15-12-4-2-3-5-13(12)18-19-14(15)8-16/h2-5,11,17H,6-7,9-10H2,1H3. The van der Waals surface area contributed by atoms with Gasteiger partial charge in [-0.3, -0.25) is 0 Å². The van der Waals surface area contributed by atoms with Gasteiger partial charge in [0.05, 0.1) is 23.9 Å². The van der Waals surface area contributed by atoms with Crippen molar-refractivity contribution in [1.82, 2.24) is 15.5 Å². The number of hydrogen-bond acceptors (Lipinski definition) is 6. The van der Waals surface area contributed by atoms with E-state index in [1.54, 1.807) is 0 Å². The third kappa shape index (κ3) is 2.79. The maximum atomic E-state index is 9.31. The molecule has 1 atom stereocenters. The molecule has 0 saturated carbocycles. The van der Waals surface area contributed by atoms with Gasteiger partial charge in [0.2, 0.25) is 0 Å². The summed E-state index contributed by atoms with van der Waals surface area (Å²) in [6.07, 6.45) is 0.113. The van der Waals surface area contributed by atoms with Gasteiger partial charge in [-0.1, -0.05) is 18.2 Å². The molecule has 6 heteroatoms. The van der Waals surface area contributed by atoms with Gasteiger partial charge in [-0.25, -0.2) is 0 Å². The summed E-state index contributed by atoms with van der Waals surface area (Å²) >= 11 is 0. The molecule has 1 aromatic heterocycles. The number of ether oxygens (including phenoxy) is 1. The molecule has 2 heterocycles. The lowest BCUT2D eigenvalue weighted by molar-refractivity contribution is 0.0340. The molecule has 0 aliphatic carbocycles. The van der Waals surface area contributed by atoms with Gasteiger partial charge in [0.15, 0.2) is 5.69 Å². The number of likely N-dealkylation sites (N-methyl/N-ethyl adjacent to an activating group) is 1. The minimum absolute atomic E-state index is 0.113. The van der Waals surface area contributed by atoms with Crippen LogP contribution in [0.2, 0.25) is 0 Å². The summed E-state index contributed by atoms with van der Waals surface area (Å²) in [6.45, 7) is 3.14. The van der Waals surface area contributed by atoms with Crippen LogP contribution in [0.1, 0.15) is 5.69 Å². The van der Waals surface area contributed by atoms with E-state index in [-0.39, 0.29) is 6.10 Å². The fraction of sp³-hybridized carbons (Fsp3) is 0.400. The number of aromatic nitrogens is 2. The van der Waals surface area contributed by atoms with Crippen LogP contribution in [0.5, 0.6) is 0 Å². The molecule has 1 fully saturated rings. The predicted octanol–water partition coefficient (Wildman–Crippen LogP) is 0.926. The highest BCUT2D eigenvalue weighted by Crippen LogP contribution is 2.27. The third-order valence-electron chi connectivity index (χ3n) is 3.61. The van der Waals surface area contributed by atoms with Gasteiger partial charge in [-0.05, 0) is 6.07 Å². The Kier molecular flexibility index (Phi) is 3.95. The van der Waals surface area contributed by atoms with Crippen LogP contribution in [0.25, 0.3) is 10.9 Å². The number of nitriles is 1. The zero-order valence-electron chi connectivity index (χ0n) is 11.9. The van der Waals surface area contributed by atoms with Crippen LogP contribution in [0.4, 0.5) is 5.69 Å². The number of hydrogen-bond donors (Lipinski definition) is 1. The Bertz CT molecular complexity index is 675. The van der Waals surface area contributed by atoms with E-state index < -0.39 is 0 Å². The average Bonchev–Trinajstić information content (AvgIpc) is 2.54. The molecule has 3 rings (SSSR count). The van der Waals surface area contributed by atoms with E-state index in [9.17, 15) is 5.26 Å². The second-order valence-electron chi connectivity index (χ2n) is 5.10. The molecule has 1 aliphatic heterocycles. The van der Waals surface area contributed by atoms with Gasteiger partial charge < -0.3 is 15.0 Å². The highest BCUT2D eigenvalue weighted by Gasteiger charge is 2.20. The maximum absolute atomic E-state index is 9.31. The van der Waals surface area contributed by atoms with Crippen molar-refractivity contribution in [2.75, 3.05) is 38.2 Å². The van der Waals surface area contributed by atoms with Crippen molar-refractivity contribution < 1.29 is 4.74 Å². The molecular weight excluding hydrogens is 266 g/mol. The molecular formula is C15H17N5O. The minimum Gasteiger partial charge on any atom is -0.374 e. The number of rotatable bonds is 3. The second kappa shape index (κ2) is 6.04. The molecule has 0 amide bonds. The Labute approximate surface area is 123 Å². The molecule has 108 valence electrons. The molecule has 0 bridgehead atoms. The van der Waals surface area contributed by atoms with Crippen molar-refractivity contribution in [1.29, 1.82) is 5.26 Å². The molecule has 1 aromatic carbocycles. The molecule has 1 aliphatic rings. The summed E-state index contributed by atoms with van der Waals surface area (Å²) in [6, 6.07) is 9.87. The number of morpholine rings is 1. The van der Waals surface area contributed by atoms with E-state index in [0.717, 1.165) is 36.3 Å². The lowest BCUT2D eigenvalue weighted by Crippen LogP contribution is -2.44. The lowest BCUT2D eigenvalue weighted by atomic mass is 10.1. The molecule has 1 unspecified atom stereocenters. The quantitative estimate of drug-likeness (QED) is 0.903. The van der Waals surface area contributed by atoms with E-state index in [4.69, 9.17) is 4.74 Å². The zero-order valence-corrected chi connectivity index (χ0v) is 11.9. The first-order chi connectivity index (χ1) is 10.3. The fourth-order valence-corrected chi connectivity index (χ4v) is 2.64. The van der Waals surface area contributed by atoms with Crippen molar-refractivity contribution in [2.45, 2.75) is 6.10 Å². The highest BCUT2D eigenvalue weighted by atomic mass is 16.5. The van der Waals surface area contributed by atoms with Crippen LogP contribution in [0.3, 0.4) is 0 Å². The molecule has 6 nitrogen and oxygen atoms in total. The molecule has 21 heavy (non-hydrogen) atoms. The van der Waals surface area contributed by atoms with Crippen LogP contribution < -0.4 is 10.2 Å². The van der Waals surface area contributed by atoms with Crippen LogP contribution in [0, 0.1) is 11.3 Å². The van der Waals surface area contributed by atoms with Gasteiger partial charge in [0.25, 0.3) is 0 Å². The Morgan fingerprint density at radius 3 is 3.05 bits per heavy atom. The topological polar surface area (TPSA) is 74.1 Å². The average molecular weight is 283 g/mol. The van der Waals surface area contributed by atoms with Gasteiger partial charge in [-0.2, -0.15) is 5.26 Å². The SMILES string of the molecule is CN(CC1CNCCO1)c1c(C#N)nnc2ccccc12. The molecule has 1 N–H and O–H groups in total. The summed E-state index contributed by atoms with van der Waals surface area (Å²) in [5.41, 5.74) is 1.96. The maximum Gasteiger partial charge on any atom is 0.186 e. The molecule has 0 radical (unpaired) electrons. The Morgan fingerprint density at radius 2 is 2.29 bits per heavy atom. The van der Waals surface area contributed by atoms with Crippen LogP contribution in [-0.2, 0) is 4.74 Å². The highest BCUT2D eigenvalue weighted by molar-refractivity contribution is 5.93. The van der Waals surface area contributed by atoms with Gasteiger partial charge in [-0.15, -0.1) is 10.2 Å². The Morgan fingerprint density at radius 1 is 1.43 bits per heavy atom.